The molecule has 1 aromatic rings. The van der Waals surface area contributed by atoms with Gasteiger partial charge in [0.1, 0.15) is 0 Å². The monoisotopic (exact) mass is 260 g/mol. The lowest BCUT2D eigenvalue weighted by molar-refractivity contribution is 0.00578. The number of methoxy groups -OCH3 is 1. The van der Waals surface area contributed by atoms with Crippen LogP contribution < -0.4 is 10.3 Å². The maximum Gasteiger partial charge on any atom is 0.514 e. The van der Waals surface area contributed by atoms with Crippen molar-refractivity contribution in [2.45, 2.75) is 38.9 Å². The lowest BCUT2D eigenvalue weighted by Gasteiger charge is -2.32. The minimum Gasteiger partial charge on any atom is -0.481 e. The fraction of sp³-hybridized carbons (Fsp3) is 0.538. The molecule has 6 heteroatoms. The zero-order valence-electron chi connectivity index (χ0n) is 11.9. The van der Waals surface area contributed by atoms with E-state index in [-0.39, 0.29) is 0 Å². The van der Waals surface area contributed by atoms with Gasteiger partial charge in [-0.05, 0) is 33.8 Å². The molecule has 0 atom stereocenters. The number of hydrogen-bond donors (Lipinski definition) is 0. The van der Waals surface area contributed by atoms with E-state index in [1.165, 1.54) is 7.11 Å². The van der Waals surface area contributed by atoms with Gasteiger partial charge < -0.3 is 14.0 Å². The molecule has 0 bridgehead atoms. The molecule has 0 spiro atoms. The van der Waals surface area contributed by atoms with Gasteiger partial charge in [-0.3, -0.25) is 0 Å². The van der Waals surface area contributed by atoms with Crippen molar-refractivity contribution >= 4 is 12.7 Å². The molecular weight excluding hydrogens is 243 g/mol. The van der Waals surface area contributed by atoms with Gasteiger partial charge in [-0.15, -0.1) is 0 Å². The summed E-state index contributed by atoms with van der Waals surface area (Å²) in [7, 11) is 0.921. The predicted octanol–water partition coefficient (Wildman–Crippen LogP) is 1.26. The Morgan fingerprint density at radius 2 is 1.79 bits per heavy atom. The fourth-order valence-corrected chi connectivity index (χ4v) is 1.78. The summed E-state index contributed by atoms with van der Waals surface area (Å²) in [6.07, 6.45) is 0. The first-order valence-electron chi connectivity index (χ1n) is 6.11. The van der Waals surface area contributed by atoms with Crippen molar-refractivity contribution in [2.24, 2.45) is 0 Å². The second kappa shape index (κ2) is 4.51. The van der Waals surface area contributed by atoms with Crippen LogP contribution in [0, 0.1) is 11.3 Å². The molecule has 1 fully saturated rings. The molecule has 0 aromatic carbocycles. The van der Waals surface area contributed by atoms with Crippen LogP contribution in [-0.4, -0.2) is 30.4 Å². The number of pyridine rings is 1. The van der Waals surface area contributed by atoms with Crippen LogP contribution in [0.15, 0.2) is 12.1 Å². The molecule has 2 rings (SSSR count). The van der Waals surface area contributed by atoms with E-state index >= 15 is 0 Å². The van der Waals surface area contributed by atoms with Crippen molar-refractivity contribution in [3.63, 3.8) is 0 Å². The van der Waals surface area contributed by atoms with Crippen molar-refractivity contribution in [1.29, 1.82) is 5.26 Å². The first kappa shape index (κ1) is 13.8. The van der Waals surface area contributed by atoms with Crippen LogP contribution in [0.25, 0.3) is 0 Å². The van der Waals surface area contributed by atoms with Gasteiger partial charge in [-0.2, -0.15) is 5.26 Å². The summed E-state index contributed by atoms with van der Waals surface area (Å²) in [5.41, 5.74) is 0.149. The molecule has 0 aliphatic carbocycles. The Hall–Kier alpha value is -1.58. The third-order valence-electron chi connectivity index (χ3n) is 3.65. The number of ether oxygens (including phenoxy) is 1. The maximum absolute atomic E-state index is 9.02. The zero-order chi connectivity index (χ0) is 14.3. The van der Waals surface area contributed by atoms with Gasteiger partial charge in [0.25, 0.3) is 0 Å². The summed E-state index contributed by atoms with van der Waals surface area (Å²) < 4.78 is 16.9. The molecule has 19 heavy (non-hydrogen) atoms. The minimum atomic E-state index is -0.591. The number of nitrogens with zero attached hydrogens (tertiary/aromatic N) is 2. The number of aromatic nitrogens is 1. The summed E-state index contributed by atoms with van der Waals surface area (Å²) >= 11 is 0. The molecule has 0 amide bonds. The molecule has 5 nitrogen and oxygen atoms in total. The number of rotatable bonds is 2. The average molecular weight is 260 g/mol. The summed E-state index contributed by atoms with van der Waals surface area (Å²) in [5.74, 6) is 0.378. The van der Waals surface area contributed by atoms with Gasteiger partial charge in [-0.25, -0.2) is 4.98 Å². The average Bonchev–Trinajstić information content (AvgIpc) is 2.58. The van der Waals surface area contributed by atoms with Gasteiger partial charge in [0, 0.05) is 6.07 Å². The van der Waals surface area contributed by atoms with Gasteiger partial charge in [0.05, 0.1) is 35.5 Å². The van der Waals surface area contributed by atoms with Crippen LogP contribution in [0.1, 0.15) is 33.3 Å². The minimum absolute atomic E-state index is 0.378. The third kappa shape index (κ3) is 2.44. The molecule has 2 heterocycles. The van der Waals surface area contributed by atoms with E-state index in [4.69, 9.17) is 19.3 Å². The SMILES string of the molecule is COc1cc(C#N)cc(B2OC(C)(C)C(C)(C)O2)n1. The fourth-order valence-electron chi connectivity index (χ4n) is 1.78. The van der Waals surface area contributed by atoms with Gasteiger partial charge in [0.15, 0.2) is 0 Å². The van der Waals surface area contributed by atoms with Crippen LogP contribution >= 0.6 is 0 Å². The standard InChI is InChI=1S/C13H17BN2O3/c1-12(2)13(3,4)19-14(18-12)10-6-9(8-15)7-11(16-10)17-5/h6-7H,1-5H3. The highest BCUT2D eigenvalue weighted by Crippen LogP contribution is 2.36. The van der Waals surface area contributed by atoms with Crippen LogP contribution in [-0.2, 0) is 9.31 Å². The van der Waals surface area contributed by atoms with Crippen LogP contribution in [0.3, 0.4) is 0 Å². The first-order chi connectivity index (χ1) is 8.79. The first-order valence-corrected chi connectivity index (χ1v) is 6.11. The molecule has 1 aromatic heterocycles. The molecular formula is C13H17BN2O3. The Balaban J connectivity index is 2.37. The Bertz CT molecular complexity index is 521. The lowest BCUT2D eigenvalue weighted by Crippen LogP contribution is -2.41. The van der Waals surface area contributed by atoms with Crippen LogP contribution in [0.2, 0.25) is 0 Å². The van der Waals surface area contributed by atoms with E-state index in [2.05, 4.69) is 11.1 Å². The highest BCUT2D eigenvalue weighted by Gasteiger charge is 2.52. The van der Waals surface area contributed by atoms with Gasteiger partial charge in [0.2, 0.25) is 5.88 Å². The normalized spacial score (nSPS) is 20.1. The predicted molar refractivity (Wildman–Crippen MR) is 71.2 cm³/mol. The van der Waals surface area contributed by atoms with Crippen molar-refractivity contribution in [3.8, 4) is 11.9 Å². The van der Waals surface area contributed by atoms with E-state index in [1.807, 2.05) is 27.7 Å². The van der Waals surface area contributed by atoms with E-state index in [0.29, 0.717) is 17.0 Å². The van der Waals surface area contributed by atoms with Crippen molar-refractivity contribution < 1.29 is 14.0 Å². The van der Waals surface area contributed by atoms with E-state index < -0.39 is 18.3 Å². The molecule has 0 saturated carbocycles. The summed E-state index contributed by atoms with van der Waals surface area (Å²) in [5, 5.41) is 9.02. The Labute approximate surface area is 113 Å². The number of nitriles is 1. The van der Waals surface area contributed by atoms with Crippen LogP contribution in [0.4, 0.5) is 0 Å². The molecule has 1 aliphatic heterocycles. The van der Waals surface area contributed by atoms with E-state index in [0.717, 1.165) is 0 Å². The zero-order valence-corrected chi connectivity index (χ0v) is 11.9. The summed E-state index contributed by atoms with van der Waals surface area (Å²) in [6.45, 7) is 7.88. The van der Waals surface area contributed by atoms with Crippen molar-refractivity contribution in [3.05, 3.63) is 17.7 Å². The highest BCUT2D eigenvalue weighted by molar-refractivity contribution is 6.61. The van der Waals surface area contributed by atoms with Crippen molar-refractivity contribution in [2.75, 3.05) is 7.11 Å². The molecule has 1 saturated heterocycles. The Kier molecular flexibility index (Phi) is 3.29. The summed E-state index contributed by atoms with van der Waals surface area (Å²) in [4.78, 5) is 4.29. The van der Waals surface area contributed by atoms with Gasteiger partial charge in [-0.1, -0.05) is 0 Å². The molecule has 0 N–H and O–H groups in total. The van der Waals surface area contributed by atoms with Crippen molar-refractivity contribution in [1.82, 2.24) is 4.98 Å². The largest absolute Gasteiger partial charge is 0.514 e. The molecule has 1 aliphatic rings. The quantitative estimate of drug-likeness (QED) is 0.749. The maximum atomic E-state index is 9.02. The Morgan fingerprint density at radius 1 is 1.21 bits per heavy atom. The Morgan fingerprint density at radius 3 is 2.26 bits per heavy atom. The topological polar surface area (TPSA) is 64.4 Å². The third-order valence-corrected chi connectivity index (χ3v) is 3.65. The second-order valence-corrected chi connectivity index (χ2v) is 5.52. The van der Waals surface area contributed by atoms with Gasteiger partial charge >= 0.3 is 7.12 Å². The van der Waals surface area contributed by atoms with E-state index in [1.54, 1.807) is 12.1 Å². The summed E-state index contributed by atoms with van der Waals surface area (Å²) in [6, 6.07) is 5.31. The van der Waals surface area contributed by atoms with E-state index in [9.17, 15) is 0 Å². The second-order valence-electron chi connectivity index (χ2n) is 5.52. The molecule has 100 valence electrons. The molecule has 0 radical (unpaired) electrons. The lowest BCUT2D eigenvalue weighted by atomic mass is 9.83. The highest BCUT2D eigenvalue weighted by atomic mass is 16.7. The number of hydrogen-bond acceptors (Lipinski definition) is 5. The van der Waals surface area contributed by atoms with Crippen LogP contribution in [0.5, 0.6) is 5.88 Å². The smallest absolute Gasteiger partial charge is 0.481 e. The molecule has 0 unspecified atom stereocenters.